The molecular weight excluding hydrogens is 415 g/mol. The fourth-order valence-corrected chi connectivity index (χ4v) is 5.72. The van der Waals surface area contributed by atoms with E-state index in [2.05, 4.69) is 5.32 Å². The number of carbonyl (C=O) groups is 1. The number of fused-ring (bicyclic) bond motifs is 1. The van der Waals surface area contributed by atoms with Gasteiger partial charge < -0.3 is 5.32 Å². The van der Waals surface area contributed by atoms with Gasteiger partial charge in [-0.05, 0) is 86.3 Å². The lowest BCUT2D eigenvalue weighted by atomic mass is 10.1. The van der Waals surface area contributed by atoms with Gasteiger partial charge in [0.15, 0.2) is 0 Å². The van der Waals surface area contributed by atoms with Gasteiger partial charge >= 0.3 is 0 Å². The van der Waals surface area contributed by atoms with Crippen molar-refractivity contribution in [2.45, 2.75) is 38.1 Å². The van der Waals surface area contributed by atoms with Gasteiger partial charge in [0, 0.05) is 17.3 Å². The van der Waals surface area contributed by atoms with E-state index in [1.54, 1.807) is 18.2 Å². The molecule has 0 bridgehead atoms. The molecule has 160 valence electrons. The molecule has 0 saturated carbocycles. The predicted octanol–water partition coefficient (Wildman–Crippen LogP) is 4.83. The van der Waals surface area contributed by atoms with Gasteiger partial charge in [-0.3, -0.25) is 9.10 Å². The second-order valence-corrected chi connectivity index (χ2v) is 9.69. The highest BCUT2D eigenvalue weighted by Gasteiger charge is 2.36. The number of benzene rings is 3. The van der Waals surface area contributed by atoms with Crippen molar-refractivity contribution < 1.29 is 17.6 Å². The molecule has 1 amide bonds. The number of amides is 1. The molecule has 1 atom stereocenters. The monoisotopic (exact) mass is 438 g/mol. The Bertz CT molecular complexity index is 1250. The summed E-state index contributed by atoms with van der Waals surface area (Å²) in [6, 6.07) is 15.3. The highest BCUT2D eigenvalue weighted by Crippen LogP contribution is 2.37. The van der Waals surface area contributed by atoms with Crippen LogP contribution in [-0.2, 0) is 16.4 Å². The number of nitrogens with zero attached hydrogens (tertiary/aromatic N) is 1. The molecule has 0 radical (unpaired) electrons. The van der Waals surface area contributed by atoms with E-state index in [1.165, 1.54) is 16.4 Å². The number of carbonyl (C=O) groups excluding carboxylic acids is 1. The van der Waals surface area contributed by atoms with Gasteiger partial charge in [-0.2, -0.15) is 0 Å². The van der Waals surface area contributed by atoms with E-state index in [0.717, 1.165) is 34.5 Å². The summed E-state index contributed by atoms with van der Waals surface area (Å²) >= 11 is 0. The van der Waals surface area contributed by atoms with E-state index >= 15 is 0 Å². The third kappa shape index (κ3) is 3.81. The number of hydrogen-bond donors (Lipinski definition) is 1. The van der Waals surface area contributed by atoms with Crippen LogP contribution >= 0.6 is 0 Å². The molecule has 1 aliphatic rings. The van der Waals surface area contributed by atoms with Crippen molar-refractivity contribution in [3.8, 4) is 0 Å². The molecule has 31 heavy (non-hydrogen) atoms. The zero-order chi connectivity index (χ0) is 22.3. The number of rotatable bonds is 4. The first-order valence-corrected chi connectivity index (χ1v) is 11.4. The molecule has 7 heteroatoms. The van der Waals surface area contributed by atoms with E-state index in [4.69, 9.17) is 0 Å². The number of nitrogens with one attached hydrogen (secondary N) is 1. The predicted molar refractivity (Wildman–Crippen MR) is 120 cm³/mol. The molecule has 0 spiro atoms. The summed E-state index contributed by atoms with van der Waals surface area (Å²) in [6.07, 6.45) is 0.486. The molecule has 0 aliphatic carbocycles. The Morgan fingerprint density at radius 1 is 1.03 bits per heavy atom. The van der Waals surface area contributed by atoms with Crippen molar-refractivity contribution in [3.05, 3.63) is 88.7 Å². The molecule has 1 N–H and O–H groups in total. The number of anilines is 2. The van der Waals surface area contributed by atoms with Gasteiger partial charge in [-0.1, -0.05) is 18.2 Å². The topological polar surface area (TPSA) is 66.5 Å². The minimum atomic E-state index is -3.84. The van der Waals surface area contributed by atoms with Crippen molar-refractivity contribution in [2.75, 3.05) is 9.62 Å². The molecule has 0 unspecified atom stereocenters. The van der Waals surface area contributed by atoms with Gasteiger partial charge in [-0.15, -0.1) is 0 Å². The molecule has 0 aromatic heterocycles. The summed E-state index contributed by atoms with van der Waals surface area (Å²) < 4.78 is 41.0. The average Bonchev–Trinajstić information content (AvgIpc) is 3.06. The average molecular weight is 439 g/mol. The summed E-state index contributed by atoms with van der Waals surface area (Å²) in [4.78, 5) is 12.9. The lowest BCUT2D eigenvalue weighted by Crippen LogP contribution is -2.35. The number of aryl methyl sites for hydroxylation is 2. The van der Waals surface area contributed by atoms with Gasteiger partial charge in [0.1, 0.15) is 5.82 Å². The lowest BCUT2D eigenvalue weighted by molar-refractivity contribution is 0.102. The number of para-hydroxylation sites is 1. The molecule has 4 rings (SSSR count). The Labute approximate surface area is 181 Å². The Kier molecular flexibility index (Phi) is 5.31. The highest BCUT2D eigenvalue weighted by atomic mass is 32.2. The van der Waals surface area contributed by atoms with Gasteiger partial charge in [0.25, 0.3) is 15.9 Å². The maximum absolute atomic E-state index is 13.2. The van der Waals surface area contributed by atoms with Crippen LogP contribution in [0.1, 0.15) is 34.0 Å². The normalized spacial score (nSPS) is 15.6. The van der Waals surface area contributed by atoms with Crippen LogP contribution in [0.15, 0.2) is 65.6 Å². The van der Waals surface area contributed by atoms with E-state index in [0.29, 0.717) is 17.7 Å². The number of sulfonamides is 1. The Hall–Kier alpha value is -3.19. The van der Waals surface area contributed by atoms with Crippen molar-refractivity contribution in [3.63, 3.8) is 0 Å². The third-order valence-corrected chi connectivity index (χ3v) is 7.53. The third-order valence-electron chi connectivity index (χ3n) is 5.58. The molecule has 1 aliphatic heterocycles. The van der Waals surface area contributed by atoms with Crippen molar-refractivity contribution in [1.29, 1.82) is 0 Å². The van der Waals surface area contributed by atoms with Crippen molar-refractivity contribution >= 4 is 27.3 Å². The van der Waals surface area contributed by atoms with Crippen LogP contribution in [0.5, 0.6) is 0 Å². The largest absolute Gasteiger partial charge is 0.322 e. The van der Waals surface area contributed by atoms with E-state index < -0.39 is 15.8 Å². The van der Waals surface area contributed by atoms with Crippen LogP contribution in [0.4, 0.5) is 15.8 Å². The molecule has 5 nitrogen and oxygen atoms in total. The van der Waals surface area contributed by atoms with E-state index in [-0.39, 0.29) is 16.8 Å². The van der Waals surface area contributed by atoms with Crippen LogP contribution in [0.3, 0.4) is 0 Å². The number of hydrogen-bond acceptors (Lipinski definition) is 3. The second kappa shape index (κ2) is 7.81. The summed E-state index contributed by atoms with van der Waals surface area (Å²) in [7, 11) is -3.84. The minimum absolute atomic E-state index is 0.0328. The standard InChI is InChI=1S/C24H23FN2O3S/c1-15-5-4-6-16(2)23(15)26-24(28)18-7-12-22-19(14-18)13-17(3)27(22)31(29,30)21-10-8-20(25)9-11-21/h4-12,14,17H,13H2,1-3H3,(H,26,28)/t17-/m1/s1. The number of halogens is 1. The van der Waals surface area contributed by atoms with Crippen LogP contribution in [0.2, 0.25) is 0 Å². The smallest absolute Gasteiger partial charge is 0.264 e. The first kappa shape index (κ1) is 21.1. The van der Waals surface area contributed by atoms with Crippen LogP contribution < -0.4 is 9.62 Å². The molecule has 3 aromatic rings. The zero-order valence-corrected chi connectivity index (χ0v) is 18.3. The molecule has 0 fully saturated rings. The second-order valence-electron chi connectivity index (χ2n) is 7.87. The van der Waals surface area contributed by atoms with Crippen LogP contribution in [0.25, 0.3) is 0 Å². The first-order chi connectivity index (χ1) is 14.7. The maximum atomic E-state index is 13.2. The van der Waals surface area contributed by atoms with Gasteiger partial charge in [0.05, 0.1) is 10.6 Å². The molecule has 1 heterocycles. The molecule has 0 saturated heterocycles. The fraction of sp³-hybridized carbons (Fsp3) is 0.208. The summed E-state index contributed by atoms with van der Waals surface area (Å²) in [5.74, 6) is -0.735. The van der Waals surface area contributed by atoms with Crippen molar-refractivity contribution in [1.82, 2.24) is 0 Å². The Morgan fingerprint density at radius 3 is 2.32 bits per heavy atom. The van der Waals surface area contributed by atoms with E-state index in [1.807, 2.05) is 39.0 Å². The summed E-state index contributed by atoms with van der Waals surface area (Å²) in [5, 5.41) is 2.96. The van der Waals surface area contributed by atoms with Gasteiger partial charge in [-0.25, -0.2) is 12.8 Å². The van der Waals surface area contributed by atoms with Gasteiger partial charge in [0.2, 0.25) is 0 Å². The lowest BCUT2D eigenvalue weighted by Gasteiger charge is -2.24. The SMILES string of the molecule is Cc1cccc(C)c1NC(=O)c1ccc2c(c1)C[C@@H](C)N2S(=O)(=O)c1ccc(F)cc1. The summed E-state index contributed by atoms with van der Waals surface area (Å²) in [5.41, 5.74) is 4.52. The van der Waals surface area contributed by atoms with Crippen LogP contribution in [0, 0.1) is 19.7 Å². The first-order valence-electron chi connectivity index (χ1n) is 9.99. The molecular formula is C24H23FN2O3S. The van der Waals surface area contributed by atoms with E-state index in [9.17, 15) is 17.6 Å². The minimum Gasteiger partial charge on any atom is -0.322 e. The summed E-state index contributed by atoms with van der Waals surface area (Å²) in [6.45, 7) is 5.69. The zero-order valence-electron chi connectivity index (χ0n) is 17.5. The fourth-order valence-electron chi connectivity index (χ4n) is 4.03. The van der Waals surface area contributed by atoms with Crippen molar-refractivity contribution in [2.24, 2.45) is 0 Å². The van der Waals surface area contributed by atoms with Crippen LogP contribution in [-0.4, -0.2) is 20.4 Å². The quantitative estimate of drug-likeness (QED) is 0.634. The Balaban J connectivity index is 1.65. The maximum Gasteiger partial charge on any atom is 0.264 e. The molecule has 3 aromatic carbocycles. The highest BCUT2D eigenvalue weighted by molar-refractivity contribution is 7.92. The Morgan fingerprint density at radius 2 is 1.68 bits per heavy atom.